The van der Waals surface area contributed by atoms with Gasteiger partial charge in [0.05, 0.1) is 7.11 Å². The summed E-state index contributed by atoms with van der Waals surface area (Å²) in [6.45, 7) is 3.72. The van der Waals surface area contributed by atoms with Crippen molar-refractivity contribution in [3.63, 3.8) is 0 Å². The van der Waals surface area contributed by atoms with Crippen molar-refractivity contribution in [1.29, 1.82) is 0 Å². The maximum Gasteiger partial charge on any atom is 0.201 e. The molecule has 0 N–H and O–H groups in total. The zero-order valence-electron chi connectivity index (χ0n) is 17.9. The van der Waals surface area contributed by atoms with Crippen molar-refractivity contribution in [1.82, 2.24) is 0 Å². The third-order valence-electron chi connectivity index (χ3n) is 5.34. The van der Waals surface area contributed by atoms with E-state index in [-0.39, 0.29) is 17.9 Å². The summed E-state index contributed by atoms with van der Waals surface area (Å²) in [4.78, 5) is 0. The van der Waals surface area contributed by atoms with Crippen molar-refractivity contribution in [2.75, 3.05) is 7.11 Å². The lowest BCUT2D eigenvalue weighted by atomic mass is 10.0. The zero-order valence-corrected chi connectivity index (χ0v) is 17.9. The van der Waals surface area contributed by atoms with E-state index >= 15 is 0 Å². The van der Waals surface area contributed by atoms with E-state index in [9.17, 15) is 13.2 Å². The second-order valence-corrected chi connectivity index (χ2v) is 7.40. The van der Waals surface area contributed by atoms with Crippen LogP contribution in [0, 0.1) is 17.5 Å². The fraction of sp³-hybridized carbons (Fsp3) is 0.0714. The maximum atomic E-state index is 14.7. The average molecular weight is 446 g/mol. The number of hydrogen-bond acceptors (Lipinski definition) is 2. The van der Waals surface area contributed by atoms with Crippen LogP contribution >= 0.6 is 0 Å². The van der Waals surface area contributed by atoms with Gasteiger partial charge >= 0.3 is 0 Å². The van der Waals surface area contributed by atoms with Gasteiger partial charge in [-0.3, -0.25) is 0 Å². The number of ether oxygens (including phenoxy) is 2. The molecule has 0 fully saturated rings. The predicted molar refractivity (Wildman–Crippen MR) is 125 cm³/mol. The minimum Gasteiger partial charge on any atom is -0.497 e. The topological polar surface area (TPSA) is 18.5 Å². The highest BCUT2D eigenvalue weighted by atomic mass is 19.2. The van der Waals surface area contributed by atoms with Gasteiger partial charge in [0.25, 0.3) is 0 Å². The van der Waals surface area contributed by atoms with Crippen molar-refractivity contribution in [3.05, 3.63) is 114 Å². The van der Waals surface area contributed by atoms with Gasteiger partial charge in [0, 0.05) is 17.2 Å². The lowest BCUT2D eigenvalue weighted by Crippen LogP contribution is -2.00. The minimum absolute atomic E-state index is 0.0368. The second-order valence-electron chi connectivity index (χ2n) is 7.40. The fourth-order valence-electron chi connectivity index (χ4n) is 3.46. The van der Waals surface area contributed by atoms with E-state index in [4.69, 9.17) is 9.47 Å². The highest BCUT2D eigenvalue weighted by Gasteiger charge is 2.16. The monoisotopic (exact) mass is 446 g/mol. The summed E-state index contributed by atoms with van der Waals surface area (Å²) in [5.74, 6) is -2.14. The first-order valence-electron chi connectivity index (χ1n) is 10.3. The molecular weight excluding hydrogens is 425 g/mol. The van der Waals surface area contributed by atoms with E-state index in [2.05, 4.69) is 6.58 Å². The molecule has 0 amide bonds. The van der Waals surface area contributed by atoms with Crippen LogP contribution in [-0.2, 0) is 6.61 Å². The summed E-state index contributed by atoms with van der Waals surface area (Å²) in [5.41, 5.74) is 3.46. The number of benzene rings is 4. The van der Waals surface area contributed by atoms with Crippen molar-refractivity contribution in [2.45, 2.75) is 6.61 Å². The molecule has 2 nitrogen and oxygen atoms in total. The Balaban J connectivity index is 1.47. The highest BCUT2D eigenvalue weighted by molar-refractivity contribution is 5.67. The van der Waals surface area contributed by atoms with Crippen LogP contribution in [0.5, 0.6) is 11.5 Å². The van der Waals surface area contributed by atoms with Gasteiger partial charge in [-0.25, -0.2) is 8.78 Å². The van der Waals surface area contributed by atoms with Gasteiger partial charge in [-0.05, 0) is 46.5 Å². The Morgan fingerprint density at radius 1 is 0.758 bits per heavy atom. The lowest BCUT2D eigenvalue weighted by molar-refractivity contribution is 0.285. The van der Waals surface area contributed by atoms with E-state index in [1.807, 2.05) is 0 Å². The number of hydrogen-bond donors (Lipinski definition) is 0. The molecule has 0 spiro atoms. The van der Waals surface area contributed by atoms with E-state index in [0.717, 1.165) is 11.1 Å². The molecule has 0 aliphatic heterocycles. The van der Waals surface area contributed by atoms with Gasteiger partial charge in [-0.1, -0.05) is 61.2 Å². The van der Waals surface area contributed by atoms with E-state index in [1.165, 1.54) is 25.3 Å². The Kier molecular flexibility index (Phi) is 6.50. The molecule has 4 aromatic rings. The highest BCUT2D eigenvalue weighted by Crippen LogP contribution is 2.31. The average Bonchev–Trinajstić information content (AvgIpc) is 2.85. The first-order valence-corrected chi connectivity index (χ1v) is 10.3. The van der Waals surface area contributed by atoms with Crippen molar-refractivity contribution in [3.8, 4) is 33.8 Å². The molecule has 0 aliphatic carbocycles. The Hall–Kier alpha value is -3.99. The van der Waals surface area contributed by atoms with Gasteiger partial charge in [0.1, 0.15) is 18.2 Å². The molecule has 0 heterocycles. The molecule has 0 aromatic heterocycles. The Bertz CT molecular complexity index is 1280. The molecule has 0 aliphatic rings. The maximum absolute atomic E-state index is 14.7. The third-order valence-corrected chi connectivity index (χ3v) is 5.34. The van der Waals surface area contributed by atoms with Crippen molar-refractivity contribution in [2.24, 2.45) is 0 Å². The summed E-state index contributed by atoms with van der Waals surface area (Å²) in [6.07, 6.45) is 1.68. The molecule has 0 radical (unpaired) electrons. The van der Waals surface area contributed by atoms with Crippen molar-refractivity contribution < 1.29 is 22.6 Å². The van der Waals surface area contributed by atoms with Crippen LogP contribution in [0.25, 0.3) is 28.3 Å². The SMILES string of the molecule is C=Cc1ccc(-c2ccc(OCc3ccc(-c4ccc(OC)cc4F)cc3)c(F)c2F)cc1. The Morgan fingerprint density at radius 2 is 1.39 bits per heavy atom. The molecule has 0 bridgehead atoms. The molecule has 5 heteroatoms. The van der Waals surface area contributed by atoms with Crippen LogP contribution in [0.2, 0.25) is 0 Å². The number of methoxy groups -OCH3 is 1. The van der Waals surface area contributed by atoms with Crippen LogP contribution in [0.4, 0.5) is 13.2 Å². The molecule has 0 unspecified atom stereocenters. The standard InChI is InChI=1S/C28H21F3O2/c1-3-18-4-8-21(9-5-18)24-14-15-26(28(31)27(24)30)33-17-19-6-10-20(11-7-19)23-13-12-22(32-2)16-25(23)29/h3-16H,1,17H2,2H3. The second kappa shape index (κ2) is 9.65. The van der Waals surface area contributed by atoms with Crippen LogP contribution in [-0.4, -0.2) is 7.11 Å². The summed E-state index contributed by atoms with van der Waals surface area (Å²) in [7, 11) is 1.48. The third kappa shape index (κ3) is 4.77. The Morgan fingerprint density at radius 3 is 2.03 bits per heavy atom. The molecule has 0 saturated heterocycles. The smallest absolute Gasteiger partial charge is 0.201 e. The molecule has 0 saturated carbocycles. The number of halogens is 3. The summed E-state index contributed by atoms with van der Waals surface area (Å²) >= 11 is 0. The summed E-state index contributed by atoms with van der Waals surface area (Å²) in [5, 5.41) is 0. The molecular formula is C28H21F3O2. The lowest BCUT2D eigenvalue weighted by Gasteiger charge is -2.11. The minimum atomic E-state index is -1.04. The normalized spacial score (nSPS) is 10.7. The summed E-state index contributed by atoms with van der Waals surface area (Å²) < 4.78 is 54.1. The number of rotatable bonds is 7. The van der Waals surface area contributed by atoms with E-state index in [0.29, 0.717) is 22.4 Å². The van der Waals surface area contributed by atoms with Crippen LogP contribution in [0.15, 0.2) is 85.4 Å². The van der Waals surface area contributed by atoms with Crippen LogP contribution in [0.3, 0.4) is 0 Å². The van der Waals surface area contributed by atoms with Crippen molar-refractivity contribution >= 4 is 6.08 Å². The molecule has 33 heavy (non-hydrogen) atoms. The van der Waals surface area contributed by atoms with Gasteiger partial charge in [-0.2, -0.15) is 4.39 Å². The van der Waals surface area contributed by atoms with Gasteiger partial charge < -0.3 is 9.47 Å². The van der Waals surface area contributed by atoms with E-state index in [1.54, 1.807) is 66.7 Å². The van der Waals surface area contributed by atoms with Gasteiger partial charge in [-0.15, -0.1) is 0 Å². The van der Waals surface area contributed by atoms with Gasteiger partial charge in [0.2, 0.25) is 5.82 Å². The molecule has 4 rings (SSSR count). The first-order chi connectivity index (χ1) is 16.0. The first kappa shape index (κ1) is 22.2. The largest absolute Gasteiger partial charge is 0.497 e. The van der Waals surface area contributed by atoms with Crippen LogP contribution < -0.4 is 9.47 Å². The van der Waals surface area contributed by atoms with Crippen LogP contribution in [0.1, 0.15) is 11.1 Å². The predicted octanol–water partition coefficient (Wildman–Crippen LogP) is 7.67. The Labute approximate surface area is 190 Å². The fourth-order valence-corrected chi connectivity index (χ4v) is 3.46. The molecule has 166 valence electrons. The van der Waals surface area contributed by atoms with Gasteiger partial charge in [0.15, 0.2) is 11.6 Å². The quantitative estimate of drug-likeness (QED) is 0.290. The molecule has 4 aromatic carbocycles. The molecule has 0 atom stereocenters. The summed E-state index contributed by atoms with van der Waals surface area (Å²) in [6, 6.07) is 21.5. The zero-order chi connectivity index (χ0) is 23.4. The van der Waals surface area contributed by atoms with E-state index < -0.39 is 17.5 Å².